The van der Waals surface area contributed by atoms with Gasteiger partial charge in [-0.2, -0.15) is 0 Å². The molecule has 3 heteroatoms. The van der Waals surface area contributed by atoms with Crippen molar-refractivity contribution in [3.63, 3.8) is 0 Å². The molecular weight excluding hydrogens is 164 g/mol. The Bertz CT molecular complexity index is 122. The standard InChI is InChI=1S/C10H22N2O/c1-10(2)13-9-3-6-12-7-4-11-5-8-12/h10-11H,3-9H2,1-2H3. The zero-order chi connectivity index (χ0) is 9.52. The van der Waals surface area contributed by atoms with E-state index in [1.54, 1.807) is 0 Å². The van der Waals surface area contributed by atoms with Gasteiger partial charge in [-0.1, -0.05) is 0 Å². The van der Waals surface area contributed by atoms with E-state index < -0.39 is 0 Å². The van der Waals surface area contributed by atoms with Crippen molar-refractivity contribution in [2.75, 3.05) is 39.3 Å². The predicted molar refractivity (Wildman–Crippen MR) is 55.0 cm³/mol. The van der Waals surface area contributed by atoms with Gasteiger partial charge >= 0.3 is 0 Å². The number of hydrogen-bond donors (Lipinski definition) is 1. The van der Waals surface area contributed by atoms with Crippen molar-refractivity contribution < 1.29 is 4.74 Å². The normalized spacial score (nSPS) is 19.6. The van der Waals surface area contributed by atoms with Crippen LogP contribution in [0.3, 0.4) is 0 Å². The summed E-state index contributed by atoms with van der Waals surface area (Å²) in [7, 11) is 0. The Morgan fingerprint density at radius 1 is 1.31 bits per heavy atom. The molecule has 1 fully saturated rings. The maximum Gasteiger partial charge on any atom is 0.0518 e. The molecule has 0 unspecified atom stereocenters. The van der Waals surface area contributed by atoms with E-state index in [4.69, 9.17) is 4.74 Å². The van der Waals surface area contributed by atoms with Crippen LogP contribution in [0.25, 0.3) is 0 Å². The SMILES string of the molecule is CC(C)OCCCN1CCNCC1. The van der Waals surface area contributed by atoms with E-state index in [0.717, 1.165) is 26.1 Å². The molecule has 1 aliphatic rings. The molecule has 0 spiro atoms. The van der Waals surface area contributed by atoms with Gasteiger partial charge in [0.2, 0.25) is 0 Å². The highest BCUT2D eigenvalue weighted by atomic mass is 16.5. The second-order valence-electron chi connectivity index (χ2n) is 3.86. The predicted octanol–water partition coefficient (Wildman–Crippen LogP) is 0.707. The molecule has 1 N–H and O–H groups in total. The summed E-state index contributed by atoms with van der Waals surface area (Å²) >= 11 is 0. The summed E-state index contributed by atoms with van der Waals surface area (Å²) in [5.41, 5.74) is 0. The fourth-order valence-corrected chi connectivity index (χ4v) is 1.54. The summed E-state index contributed by atoms with van der Waals surface area (Å²) in [4.78, 5) is 2.50. The quantitative estimate of drug-likeness (QED) is 0.640. The maximum atomic E-state index is 5.49. The molecule has 3 nitrogen and oxygen atoms in total. The lowest BCUT2D eigenvalue weighted by Crippen LogP contribution is -2.43. The van der Waals surface area contributed by atoms with Gasteiger partial charge in [0, 0.05) is 39.3 Å². The van der Waals surface area contributed by atoms with E-state index in [1.165, 1.54) is 19.6 Å². The Hall–Kier alpha value is -0.120. The van der Waals surface area contributed by atoms with Crippen molar-refractivity contribution in [3.8, 4) is 0 Å². The van der Waals surface area contributed by atoms with Crippen LogP contribution in [-0.4, -0.2) is 50.3 Å². The van der Waals surface area contributed by atoms with Crippen molar-refractivity contribution in [2.45, 2.75) is 26.4 Å². The van der Waals surface area contributed by atoms with E-state index in [2.05, 4.69) is 24.1 Å². The summed E-state index contributed by atoms with van der Waals surface area (Å²) < 4.78 is 5.49. The lowest BCUT2D eigenvalue weighted by atomic mass is 10.3. The average molecular weight is 186 g/mol. The summed E-state index contributed by atoms with van der Waals surface area (Å²) in [6.45, 7) is 10.9. The topological polar surface area (TPSA) is 24.5 Å². The van der Waals surface area contributed by atoms with E-state index in [9.17, 15) is 0 Å². The first-order valence-corrected chi connectivity index (χ1v) is 5.33. The maximum absolute atomic E-state index is 5.49. The Labute approximate surface area is 81.4 Å². The lowest BCUT2D eigenvalue weighted by molar-refractivity contribution is 0.0696. The van der Waals surface area contributed by atoms with Gasteiger partial charge in [-0.05, 0) is 20.3 Å². The molecule has 0 aromatic rings. The Kier molecular flexibility index (Phi) is 5.35. The molecule has 1 aliphatic heterocycles. The highest BCUT2D eigenvalue weighted by Gasteiger charge is 2.08. The minimum Gasteiger partial charge on any atom is -0.379 e. The van der Waals surface area contributed by atoms with Crippen molar-refractivity contribution in [1.82, 2.24) is 10.2 Å². The lowest BCUT2D eigenvalue weighted by Gasteiger charge is -2.27. The molecule has 0 aliphatic carbocycles. The van der Waals surface area contributed by atoms with Crippen molar-refractivity contribution in [3.05, 3.63) is 0 Å². The van der Waals surface area contributed by atoms with Gasteiger partial charge in [-0.25, -0.2) is 0 Å². The minimum atomic E-state index is 0.378. The first kappa shape index (κ1) is 11.0. The van der Waals surface area contributed by atoms with Crippen molar-refractivity contribution in [2.24, 2.45) is 0 Å². The van der Waals surface area contributed by atoms with Gasteiger partial charge in [0.1, 0.15) is 0 Å². The first-order valence-electron chi connectivity index (χ1n) is 5.33. The zero-order valence-corrected chi connectivity index (χ0v) is 8.88. The molecule has 1 saturated heterocycles. The van der Waals surface area contributed by atoms with Gasteiger partial charge in [0.05, 0.1) is 6.10 Å². The summed E-state index contributed by atoms with van der Waals surface area (Å²) in [5.74, 6) is 0. The molecule has 0 atom stereocenters. The number of ether oxygens (including phenoxy) is 1. The molecule has 0 radical (unpaired) electrons. The molecular formula is C10H22N2O. The smallest absolute Gasteiger partial charge is 0.0518 e. The van der Waals surface area contributed by atoms with Crippen LogP contribution in [-0.2, 0) is 4.74 Å². The first-order chi connectivity index (χ1) is 6.29. The monoisotopic (exact) mass is 186 g/mol. The molecule has 0 aromatic carbocycles. The molecule has 0 bridgehead atoms. The van der Waals surface area contributed by atoms with Crippen LogP contribution in [0.15, 0.2) is 0 Å². The van der Waals surface area contributed by atoms with Crippen LogP contribution in [0.1, 0.15) is 20.3 Å². The van der Waals surface area contributed by atoms with Gasteiger partial charge in [-0.3, -0.25) is 0 Å². The largest absolute Gasteiger partial charge is 0.379 e. The minimum absolute atomic E-state index is 0.378. The van der Waals surface area contributed by atoms with E-state index in [0.29, 0.717) is 6.10 Å². The van der Waals surface area contributed by atoms with E-state index in [1.807, 2.05) is 0 Å². The van der Waals surface area contributed by atoms with Crippen LogP contribution < -0.4 is 5.32 Å². The summed E-state index contributed by atoms with van der Waals surface area (Å²) in [6.07, 6.45) is 1.54. The summed E-state index contributed by atoms with van der Waals surface area (Å²) in [6, 6.07) is 0. The van der Waals surface area contributed by atoms with Crippen molar-refractivity contribution in [1.29, 1.82) is 0 Å². The van der Waals surface area contributed by atoms with Crippen molar-refractivity contribution >= 4 is 0 Å². The van der Waals surface area contributed by atoms with E-state index in [-0.39, 0.29) is 0 Å². The fraction of sp³-hybridized carbons (Fsp3) is 1.00. The molecule has 1 heterocycles. The molecule has 78 valence electrons. The van der Waals surface area contributed by atoms with Crippen LogP contribution in [0.4, 0.5) is 0 Å². The average Bonchev–Trinajstić information content (AvgIpc) is 2.14. The van der Waals surface area contributed by atoms with Crippen LogP contribution >= 0.6 is 0 Å². The number of nitrogens with one attached hydrogen (secondary N) is 1. The third-order valence-corrected chi connectivity index (χ3v) is 2.28. The zero-order valence-electron chi connectivity index (χ0n) is 8.88. The van der Waals surface area contributed by atoms with Gasteiger partial charge in [-0.15, -0.1) is 0 Å². The highest BCUT2D eigenvalue weighted by Crippen LogP contribution is 1.96. The van der Waals surface area contributed by atoms with Crippen LogP contribution in [0, 0.1) is 0 Å². The number of nitrogens with zero attached hydrogens (tertiary/aromatic N) is 1. The Morgan fingerprint density at radius 3 is 2.62 bits per heavy atom. The van der Waals surface area contributed by atoms with Gasteiger partial charge < -0.3 is 15.0 Å². The second-order valence-corrected chi connectivity index (χ2v) is 3.86. The molecule has 0 amide bonds. The second kappa shape index (κ2) is 6.35. The fourth-order valence-electron chi connectivity index (χ4n) is 1.54. The van der Waals surface area contributed by atoms with Gasteiger partial charge in [0.15, 0.2) is 0 Å². The molecule has 13 heavy (non-hydrogen) atoms. The summed E-state index contributed by atoms with van der Waals surface area (Å²) in [5, 5.41) is 3.35. The highest BCUT2D eigenvalue weighted by molar-refractivity contribution is 4.66. The number of rotatable bonds is 5. The van der Waals surface area contributed by atoms with E-state index >= 15 is 0 Å². The molecule has 1 rings (SSSR count). The van der Waals surface area contributed by atoms with Crippen LogP contribution in [0.2, 0.25) is 0 Å². The number of piperazine rings is 1. The van der Waals surface area contributed by atoms with Gasteiger partial charge in [0.25, 0.3) is 0 Å². The third kappa shape index (κ3) is 5.24. The molecule has 0 saturated carbocycles. The number of hydrogen-bond acceptors (Lipinski definition) is 3. The molecule has 0 aromatic heterocycles. The van der Waals surface area contributed by atoms with Crippen LogP contribution in [0.5, 0.6) is 0 Å². The third-order valence-electron chi connectivity index (χ3n) is 2.28. The Morgan fingerprint density at radius 2 is 2.00 bits per heavy atom. The Balaban J connectivity index is 1.92.